The minimum atomic E-state index is 0.376. The van der Waals surface area contributed by atoms with E-state index < -0.39 is 0 Å². The lowest BCUT2D eigenvalue weighted by Gasteiger charge is -2.45. The zero-order chi connectivity index (χ0) is 11.1. The summed E-state index contributed by atoms with van der Waals surface area (Å²) in [6, 6.07) is 0. The van der Waals surface area contributed by atoms with Gasteiger partial charge in [0, 0.05) is 6.61 Å². The van der Waals surface area contributed by atoms with Gasteiger partial charge in [-0.15, -0.1) is 0 Å². The number of rotatable bonds is 2. The highest BCUT2D eigenvalue weighted by molar-refractivity contribution is 5.00. The number of aliphatic hydroxyl groups is 1. The maximum absolute atomic E-state index is 9.37. The summed E-state index contributed by atoms with van der Waals surface area (Å²) in [5.41, 5.74) is 0.541. The van der Waals surface area contributed by atoms with E-state index in [2.05, 4.69) is 20.8 Å². The zero-order valence-corrected chi connectivity index (χ0v) is 10.5. The lowest BCUT2D eigenvalue weighted by atomic mass is 9.60. The van der Waals surface area contributed by atoms with Crippen molar-refractivity contribution in [2.45, 2.75) is 52.9 Å². The van der Waals surface area contributed by atoms with Crippen LogP contribution in [0.5, 0.6) is 0 Å². The van der Waals surface area contributed by atoms with Crippen molar-refractivity contribution < 1.29 is 5.11 Å². The van der Waals surface area contributed by atoms with Gasteiger partial charge in [-0.05, 0) is 48.3 Å². The van der Waals surface area contributed by atoms with Crippen LogP contribution in [0.4, 0.5) is 0 Å². The molecule has 0 saturated heterocycles. The first-order valence-corrected chi connectivity index (χ1v) is 6.70. The van der Waals surface area contributed by atoms with Gasteiger partial charge in [0.25, 0.3) is 0 Å². The molecular weight excluding hydrogens is 184 g/mol. The average Bonchev–Trinajstić information content (AvgIpc) is 2.56. The largest absolute Gasteiger partial charge is 0.396 e. The second kappa shape index (κ2) is 4.08. The Morgan fingerprint density at radius 3 is 2.73 bits per heavy atom. The van der Waals surface area contributed by atoms with E-state index in [1.807, 2.05) is 0 Å². The van der Waals surface area contributed by atoms with E-state index >= 15 is 0 Å². The van der Waals surface area contributed by atoms with E-state index in [4.69, 9.17) is 0 Å². The molecule has 2 fully saturated rings. The summed E-state index contributed by atoms with van der Waals surface area (Å²) in [6.07, 6.45) is 7.00. The fraction of sp³-hybridized carbons (Fsp3) is 1.00. The van der Waals surface area contributed by atoms with Crippen molar-refractivity contribution in [2.24, 2.45) is 29.1 Å². The molecule has 2 aliphatic carbocycles. The Hall–Kier alpha value is -0.0400. The summed E-state index contributed by atoms with van der Waals surface area (Å²) in [4.78, 5) is 0. The third-order valence-corrected chi connectivity index (χ3v) is 5.52. The molecule has 2 unspecified atom stereocenters. The standard InChI is InChI=1S/C14H26O/c1-10-5-4-8-14(3)12(10)6-7-13(14)11(2)9-15/h10-13,15H,4-9H2,1-3H3/t10-,11?,12?,13+,14-/m0/s1. The number of aliphatic hydroxyl groups excluding tert-OH is 1. The molecule has 0 aliphatic heterocycles. The molecule has 0 radical (unpaired) electrons. The minimum absolute atomic E-state index is 0.376. The Balaban J connectivity index is 2.17. The second-order valence-corrected chi connectivity index (χ2v) is 6.33. The van der Waals surface area contributed by atoms with E-state index in [1.165, 1.54) is 32.1 Å². The summed E-state index contributed by atoms with van der Waals surface area (Å²) in [7, 11) is 0. The molecule has 15 heavy (non-hydrogen) atoms. The lowest BCUT2D eigenvalue weighted by molar-refractivity contribution is 0.0229. The summed E-state index contributed by atoms with van der Waals surface area (Å²) >= 11 is 0. The molecule has 0 aromatic heterocycles. The number of hydrogen-bond acceptors (Lipinski definition) is 1. The highest BCUT2D eigenvalue weighted by Crippen LogP contribution is 2.59. The van der Waals surface area contributed by atoms with E-state index in [0.717, 1.165) is 17.8 Å². The van der Waals surface area contributed by atoms with Crippen LogP contribution in [0.3, 0.4) is 0 Å². The van der Waals surface area contributed by atoms with Gasteiger partial charge < -0.3 is 5.11 Å². The van der Waals surface area contributed by atoms with Crippen LogP contribution in [0, 0.1) is 29.1 Å². The van der Waals surface area contributed by atoms with Gasteiger partial charge in [-0.25, -0.2) is 0 Å². The second-order valence-electron chi connectivity index (χ2n) is 6.33. The van der Waals surface area contributed by atoms with Gasteiger partial charge in [-0.1, -0.05) is 33.6 Å². The normalized spacial score (nSPS) is 47.6. The fourth-order valence-electron chi connectivity index (χ4n) is 4.67. The molecule has 88 valence electrons. The van der Waals surface area contributed by atoms with Crippen LogP contribution in [-0.4, -0.2) is 11.7 Å². The molecule has 1 nitrogen and oxygen atoms in total. The van der Waals surface area contributed by atoms with Crippen molar-refractivity contribution in [1.29, 1.82) is 0 Å². The molecule has 0 aromatic rings. The van der Waals surface area contributed by atoms with Gasteiger partial charge in [0.15, 0.2) is 0 Å². The highest BCUT2D eigenvalue weighted by Gasteiger charge is 2.51. The summed E-state index contributed by atoms with van der Waals surface area (Å²) in [6.45, 7) is 7.55. The van der Waals surface area contributed by atoms with Crippen LogP contribution in [0.25, 0.3) is 0 Å². The molecule has 5 atom stereocenters. The fourth-order valence-corrected chi connectivity index (χ4v) is 4.67. The molecule has 2 rings (SSSR count). The van der Waals surface area contributed by atoms with Gasteiger partial charge in [0.2, 0.25) is 0 Å². The lowest BCUT2D eigenvalue weighted by Crippen LogP contribution is -2.38. The molecule has 1 N–H and O–H groups in total. The first-order valence-electron chi connectivity index (χ1n) is 6.70. The molecule has 0 spiro atoms. The summed E-state index contributed by atoms with van der Waals surface area (Å²) < 4.78 is 0. The van der Waals surface area contributed by atoms with Gasteiger partial charge in [-0.3, -0.25) is 0 Å². The average molecular weight is 210 g/mol. The number of hydrogen-bond donors (Lipinski definition) is 1. The predicted octanol–water partition coefficient (Wildman–Crippen LogP) is 3.47. The van der Waals surface area contributed by atoms with Gasteiger partial charge in [0.1, 0.15) is 0 Å². The minimum Gasteiger partial charge on any atom is -0.396 e. The van der Waals surface area contributed by atoms with Crippen LogP contribution >= 0.6 is 0 Å². The number of fused-ring (bicyclic) bond motifs is 1. The van der Waals surface area contributed by atoms with Crippen molar-refractivity contribution >= 4 is 0 Å². The topological polar surface area (TPSA) is 20.2 Å². The first kappa shape index (κ1) is 11.4. The molecule has 2 saturated carbocycles. The Labute approximate surface area is 94.3 Å². The third-order valence-electron chi connectivity index (χ3n) is 5.52. The monoisotopic (exact) mass is 210 g/mol. The Bertz CT molecular complexity index is 225. The molecule has 2 aliphatic rings. The molecule has 0 aromatic carbocycles. The molecule has 0 amide bonds. The van der Waals surface area contributed by atoms with Crippen molar-refractivity contribution in [2.75, 3.05) is 6.61 Å². The van der Waals surface area contributed by atoms with Crippen molar-refractivity contribution in [3.63, 3.8) is 0 Å². The third kappa shape index (κ3) is 1.73. The first-order chi connectivity index (χ1) is 7.09. The van der Waals surface area contributed by atoms with Crippen molar-refractivity contribution in [3.8, 4) is 0 Å². The zero-order valence-electron chi connectivity index (χ0n) is 10.5. The van der Waals surface area contributed by atoms with Crippen LogP contribution in [0.2, 0.25) is 0 Å². The molecular formula is C14H26O. The summed E-state index contributed by atoms with van der Waals surface area (Å²) in [5, 5.41) is 9.37. The van der Waals surface area contributed by atoms with Crippen LogP contribution in [0.1, 0.15) is 52.9 Å². The van der Waals surface area contributed by atoms with Crippen molar-refractivity contribution in [1.82, 2.24) is 0 Å². The smallest absolute Gasteiger partial charge is 0.0459 e. The van der Waals surface area contributed by atoms with Gasteiger partial charge in [0.05, 0.1) is 0 Å². The predicted molar refractivity (Wildman–Crippen MR) is 63.6 cm³/mol. The summed E-state index contributed by atoms with van der Waals surface area (Å²) in [5.74, 6) is 3.13. The Kier molecular flexibility index (Phi) is 3.12. The quantitative estimate of drug-likeness (QED) is 0.740. The Morgan fingerprint density at radius 2 is 2.07 bits per heavy atom. The SMILES string of the molecule is CC(CO)[C@H]1CCC2[C@@H](C)CCC[C@@]21C. The Morgan fingerprint density at radius 1 is 1.33 bits per heavy atom. The van der Waals surface area contributed by atoms with Crippen LogP contribution in [-0.2, 0) is 0 Å². The van der Waals surface area contributed by atoms with E-state index in [-0.39, 0.29) is 0 Å². The maximum Gasteiger partial charge on any atom is 0.0459 e. The van der Waals surface area contributed by atoms with Crippen LogP contribution in [0.15, 0.2) is 0 Å². The van der Waals surface area contributed by atoms with Crippen LogP contribution < -0.4 is 0 Å². The van der Waals surface area contributed by atoms with Gasteiger partial charge >= 0.3 is 0 Å². The molecule has 0 heterocycles. The van der Waals surface area contributed by atoms with E-state index in [9.17, 15) is 5.11 Å². The highest BCUT2D eigenvalue weighted by atomic mass is 16.3. The van der Waals surface area contributed by atoms with Gasteiger partial charge in [-0.2, -0.15) is 0 Å². The molecule has 1 heteroatoms. The molecule has 0 bridgehead atoms. The maximum atomic E-state index is 9.37. The van der Waals surface area contributed by atoms with E-state index in [0.29, 0.717) is 17.9 Å². The van der Waals surface area contributed by atoms with E-state index in [1.54, 1.807) is 0 Å². The van der Waals surface area contributed by atoms with Crippen molar-refractivity contribution in [3.05, 3.63) is 0 Å².